The fourth-order valence-corrected chi connectivity index (χ4v) is 2.03. The maximum Gasteiger partial charge on any atom is 0.332 e. The second-order valence-corrected chi connectivity index (χ2v) is 4.86. The van der Waals surface area contributed by atoms with Crippen LogP contribution in [0.4, 0.5) is 0 Å². The molecular formula is C15H17NO8. The molecule has 9 nitrogen and oxygen atoms in total. The van der Waals surface area contributed by atoms with Crippen molar-refractivity contribution in [1.82, 2.24) is 5.32 Å². The highest BCUT2D eigenvalue weighted by Gasteiger charge is 2.45. The van der Waals surface area contributed by atoms with E-state index in [0.29, 0.717) is 5.75 Å². The first-order valence-corrected chi connectivity index (χ1v) is 6.80. The number of amides is 1. The van der Waals surface area contributed by atoms with Gasteiger partial charge < -0.3 is 25.0 Å². The van der Waals surface area contributed by atoms with Gasteiger partial charge in [-0.25, -0.2) is 4.79 Å². The number of carbonyl (C=O) groups excluding carboxylic acids is 2. The minimum absolute atomic E-state index is 0.382. The van der Waals surface area contributed by atoms with Gasteiger partial charge in [0.2, 0.25) is 0 Å². The maximum absolute atomic E-state index is 12.0. The number of esters is 1. The lowest BCUT2D eigenvalue weighted by atomic mass is 9.91. The molecule has 0 aliphatic rings. The Kier molecular flexibility index (Phi) is 6.72. The number of benzene rings is 1. The van der Waals surface area contributed by atoms with Gasteiger partial charge in [-0.1, -0.05) is 18.2 Å². The van der Waals surface area contributed by atoms with Crippen molar-refractivity contribution in [2.75, 3.05) is 13.7 Å². The van der Waals surface area contributed by atoms with E-state index in [9.17, 15) is 19.2 Å². The van der Waals surface area contributed by atoms with Crippen LogP contribution < -0.4 is 10.1 Å². The highest BCUT2D eigenvalue weighted by Crippen LogP contribution is 2.19. The summed E-state index contributed by atoms with van der Waals surface area (Å²) in [6.45, 7) is -0.526. The van der Waals surface area contributed by atoms with E-state index in [1.165, 1.54) is 0 Å². The molecule has 0 unspecified atom stereocenters. The molecule has 1 aromatic rings. The number of aliphatic carboxylic acids is 2. The van der Waals surface area contributed by atoms with Crippen molar-refractivity contribution < 1.29 is 38.9 Å². The average Bonchev–Trinajstić information content (AvgIpc) is 2.51. The second-order valence-electron chi connectivity index (χ2n) is 4.86. The SMILES string of the molecule is COC(=O)C(CC(=O)O)(CC(=O)O)NC(=O)COc1ccccc1. The predicted octanol–water partition coefficient (Wildman–Crippen LogP) is 0.0428. The molecule has 130 valence electrons. The Balaban J connectivity index is 2.88. The number of carboxylic acid groups (broad SMARTS) is 2. The number of para-hydroxylation sites is 1. The lowest BCUT2D eigenvalue weighted by molar-refractivity contribution is -0.159. The number of nitrogens with one attached hydrogen (secondary N) is 1. The van der Waals surface area contributed by atoms with Crippen LogP contribution in [0.25, 0.3) is 0 Å². The molecule has 1 aromatic carbocycles. The molecule has 0 atom stereocenters. The summed E-state index contributed by atoms with van der Waals surface area (Å²) in [4.78, 5) is 45.9. The van der Waals surface area contributed by atoms with Gasteiger partial charge in [-0.15, -0.1) is 0 Å². The van der Waals surface area contributed by atoms with Crippen molar-refractivity contribution in [3.63, 3.8) is 0 Å². The van der Waals surface area contributed by atoms with Crippen molar-refractivity contribution >= 4 is 23.8 Å². The van der Waals surface area contributed by atoms with Crippen molar-refractivity contribution in [3.8, 4) is 5.75 Å². The molecule has 24 heavy (non-hydrogen) atoms. The van der Waals surface area contributed by atoms with E-state index in [1.54, 1.807) is 30.3 Å². The molecule has 1 amide bonds. The smallest absolute Gasteiger partial charge is 0.332 e. The molecule has 0 fully saturated rings. The van der Waals surface area contributed by atoms with Gasteiger partial charge in [0.25, 0.3) is 5.91 Å². The van der Waals surface area contributed by atoms with E-state index in [-0.39, 0.29) is 0 Å². The van der Waals surface area contributed by atoms with Crippen LogP contribution in [0.5, 0.6) is 5.75 Å². The summed E-state index contributed by atoms with van der Waals surface area (Å²) < 4.78 is 9.64. The maximum atomic E-state index is 12.0. The molecule has 0 saturated heterocycles. The summed E-state index contributed by atoms with van der Waals surface area (Å²) in [5, 5.41) is 20.0. The fourth-order valence-electron chi connectivity index (χ4n) is 2.03. The summed E-state index contributed by atoms with van der Waals surface area (Å²) in [7, 11) is 0.966. The van der Waals surface area contributed by atoms with Gasteiger partial charge in [0.05, 0.1) is 20.0 Å². The monoisotopic (exact) mass is 339 g/mol. The summed E-state index contributed by atoms with van der Waals surface area (Å²) in [6, 6.07) is 8.29. The average molecular weight is 339 g/mol. The normalized spacial score (nSPS) is 10.5. The highest BCUT2D eigenvalue weighted by atomic mass is 16.5. The van der Waals surface area contributed by atoms with Crippen LogP contribution in [0, 0.1) is 0 Å². The van der Waals surface area contributed by atoms with Crippen molar-refractivity contribution in [2.45, 2.75) is 18.4 Å². The molecule has 1 rings (SSSR count). The third-order valence-electron chi connectivity index (χ3n) is 2.97. The molecule has 0 aliphatic carbocycles. The molecule has 0 aliphatic heterocycles. The quantitative estimate of drug-likeness (QED) is 0.536. The zero-order chi connectivity index (χ0) is 18.2. The number of rotatable bonds is 9. The van der Waals surface area contributed by atoms with Gasteiger partial charge in [-0.2, -0.15) is 0 Å². The molecule has 0 heterocycles. The number of hydrogen-bond donors (Lipinski definition) is 3. The Bertz CT molecular complexity index is 597. The molecule has 9 heteroatoms. The number of carbonyl (C=O) groups is 4. The molecular weight excluding hydrogens is 322 g/mol. The van der Waals surface area contributed by atoms with Crippen molar-refractivity contribution in [1.29, 1.82) is 0 Å². The summed E-state index contributed by atoms with van der Waals surface area (Å²) in [5.41, 5.74) is -2.22. The molecule has 0 aromatic heterocycles. The first-order valence-electron chi connectivity index (χ1n) is 6.80. The Labute approximate surface area is 137 Å². The van der Waals surface area contributed by atoms with Crippen LogP contribution >= 0.6 is 0 Å². The number of ether oxygens (including phenoxy) is 2. The van der Waals surface area contributed by atoms with E-state index in [4.69, 9.17) is 14.9 Å². The van der Waals surface area contributed by atoms with Crippen LogP contribution in [0.15, 0.2) is 30.3 Å². The number of carboxylic acids is 2. The summed E-state index contributed by atoms with van der Waals surface area (Å²) in [5.74, 6) is -4.57. The zero-order valence-electron chi connectivity index (χ0n) is 12.9. The summed E-state index contributed by atoms with van der Waals surface area (Å²) in [6.07, 6.45) is -1.88. The topological polar surface area (TPSA) is 139 Å². The van der Waals surface area contributed by atoms with E-state index in [0.717, 1.165) is 7.11 Å². The van der Waals surface area contributed by atoms with Crippen LogP contribution in [0.1, 0.15) is 12.8 Å². The molecule has 0 radical (unpaired) electrons. The van der Waals surface area contributed by atoms with Gasteiger partial charge >= 0.3 is 17.9 Å². The van der Waals surface area contributed by atoms with Crippen LogP contribution in [0.3, 0.4) is 0 Å². The van der Waals surface area contributed by atoms with E-state index >= 15 is 0 Å². The Morgan fingerprint density at radius 2 is 1.58 bits per heavy atom. The van der Waals surface area contributed by atoms with Gasteiger partial charge in [-0.3, -0.25) is 14.4 Å². The van der Waals surface area contributed by atoms with Gasteiger partial charge in [0.15, 0.2) is 12.1 Å². The van der Waals surface area contributed by atoms with E-state index in [1.807, 2.05) is 0 Å². The van der Waals surface area contributed by atoms with Gasteiger partial charge in [0, 0.05) is 0 Å². The van der Waals surface area contributed by atoms with Gasteiger partial charge in [0.1, 0.15) is 5.75 Å². The van der Waals surface area contributed by atoms with Crippen LogP contribution in [-0.4, -0.2) is 53.3 Å². The first kappa shape index (κ1) is 18.9. The third-order valence-corrected chi connectivity index (χ3v) is 2.97. The first-order chi connectivity index (χ1) is 11.3. The molecule has 0 bridgehead atoms. The van der Waals surface area contributed by atoms with Crippen molar-refractivity contribution in [2.24, 2.45) is 0 Å². The zero-order valence-corrected chi connectivity index (χ0v) is 12.9. The Morgan fingerprint density at radius 1 is 1.04 bits per heavy atom. The standard InChI is InChI=1S/C15H17NO8/c1-23-14(22)15(7-12(18)19,8-13(20)21)16-11(17)9-24-10-5-3-2-4-6-10/h2-6H,7-9H2,1H3,(H,16,17)(H,18,19)(H,20,21). The molecule has 0 spiro atoms. The van der Waals surface area contributed by atoms with E-state index < -0.39 is 48.8 Å². The second kappa shape index (κ2) is 8.51. The minimum atomic E-state index is -2.22. The largest absolute Gasteiger partial charge is 0.484 e. The molecule has 3 N–H and O–H groups in total. The van der Waals surface area contributed by atoms with Crippen LogP contribution in [0.2, 0.25) is 0 Å². The van der Waals surface area contributed by atoms with Crippen molar-refractivity contribution in [3.05, 3.63) is 30.3 Å². The summed E-state index contributed by atoms with van der Waals surface area (Å²) >= 11 is 0. The van der Waals surface area contributed by atoms with Crippen LogP contribution in [-0.2, 0) is 23.9 Å². The lowest BCUT2D eigenvalue weighted by Gasteiger charge is -2.29. The minimum Gasteiger partial charge on any atom is -0.484 e. The number of hydrogen-bond acceptors (Lipinski definition) is 6. The van der Waals surface area contributed by atoms with Gasteiger partial charge in [-0.05, 0) is 12.1 Å². The molecule has 0 saturated carbocycles. The Hall–Kier alpha value is -3.10. The highest BCUT2D eigenvalue weighted by molar-refractivity contribution is 5.95. The lowest BCUT2D eigenvalue weighted by Crippen LogP contribution is -2.58. The van der Waals surface area contributed by atoms with E-state index in [2.05, 4.69) is 10.1 Å². The number of methoxy groups -OCH3 is 1. The fraction of sp³-hybridized carbons (Fsp3) is 0.333. The third kappa shape index (κ3) is 5.59. The predicted molar refractivity (Wildman–Crippen MR) is 79.3 cm³/mol. The Morgan fingerprint density at radius 3 is 2.04 bits per heavy atom.